The fraction of sp³-hybridized carbons (Fsp3) is 0.460. The van der Waals surface area contributed by atoms with Gasteiger partial charge in [0.1, 0.15) is 5.78 Å². The average Bonchev–Trinajstić information content (AvgIpc) is 3.21. The lowest BCUT2D eigenvalue weighted by atomic mass is 9.84. The summed E-state index contributed by atoms with van der Waals surface area (Å²) in [5.41, 5.74) is 1.72. The topological polar surface area (TPSA) is 87.2 Å². The first kappa shape index (κ1) is 46.3. The number of β-amino-alcohol motifs (C(OH)–C–C–N with tert-alkyl or cyclic N) is 1. The van der Waals surface area contributed by atoms with E-state index in [1.54, 1.807) is 6.07 Å². The van der Waals surface area contributed by atoms with Gasteiger partial charge in [-0.25, -0.2) is 0 Å². The van der Waals surface area contributed by atoms with Crippen LogP contribution in [0, 0.1) is 0 Å². The van der Waals surface area contributed by atoms with E-state index in [2.05, 4.69) is 90.1 Å². The monoisotopic (exact) mass is 804 g/mol. The average molecular weight is 805 g/mol. The second-order valence-electron chi connectivity index (χ2n) is 17.5. The van der Waals surface area contributed by atoms with Crippen molar-refractivity contribution in [3.05, 3.63) is 131 Å². The Morgan fingerprint density at radius 2 is 1.12 bits per heavy atom. The molecule has 58 heavy (non-hydrogen) atoms. The molecule has 312 valence electrons. The lowest BCUT2D eigenvalue weighted by Crippen LogP contribution is -2.67. The van der Waals surface area contributed by atoms with Gasteiger partial charge in [0.2, 0.25) is 0 Å². The first-order valence-electron chi connectivity index (χ1n) is 21.3. The summed E-state index contributed by atoms with van der Waals surface area (Å²) < 4.78 is 7.20. The molecule has 4 aromatic carbocycles. The summed E-state index contributed by atoms with van der Waals surface area (Å²) in [6.45, 7) is 20.1. The van der Waals surface area contributed by atoms with Gasteiger partial charge in [-0.1, -0.05) is 145 Å². The van der Waals surface area contributed by atoms with Gasteiger partial charge in [-0.2, -0.15) is 0 Å². The van der Waals surface area contributed by atoms with E-state index in [1.165, 1.54) is 10.4 Å². The number of carbonyl (C=O) groups is 3. The van der Waals surface area contributed by atoms with Gasteiger partial charge in [0.05, 0.1) is 13.2 Å². The number of aryl methyl sites for hydroxylation is 1. The van der Waals surface area contributed by atoms with E-state index in [-0.39, 0.29) is 54.2 Å². The molecule has 0 saturated heterocycles. The maximum atomic E-state index is 14.6. The van der Waals surface area contributed by atoms with Crippen LogP contribution in [0.4, 0.5) is 0 Å². The van der Waals surface area contributed by atoms with Gasteiger partial charge in [-0.15, -0.1) is 0 Å². The molecule has 0 saturated carbocycles. The van der Waals surface area contributed by atoms with Gasteiger partial charge in [0.15, 0.2) is 0 Å². The summed E-state index contributed by atoms with van der Waals surface area (Å²) in [6, 6.07) is 36.0. The van der Waals surface area contributed by atoms with E-state index in [0.29, 0.717) is 36.3 Å². The van der Waals surface area contributed by atoms with Gasteiger partial charge in [-0.05, 0) is 85.1 Å². The Kier molecular flexibility index (Phi) is 16.4. The van der Waals surface area contributed by atoms with Gasteiger partial charge >= 0.3 is 0 Å². The first-order valence-corrected chi connectivity index (χ1v) is 23.2. The number of Topliss-reactive ketones (excluding diaryl/α,β-unsaturated/α-hetero) is 1. The lowest BCUT2D eigenvalue weighted by Gasteiger charge is -2.44. The Hall–Kier alpha value is -4.37. The minimum absolute atomic E-state index is 0.00612. The van der Waals surface area contributed by atoms with Crippen molar-refractivity contribution in [2.45, 2.75) is 123 Å². The molecule has 0 aromatic heterocycles. The molecule has 0 atom stereocenters. The molecule has 0 radical (unpaired) electrons. The van der Waals surface area contributed by atoms with E-state index in [9.17, 15) is 19.5 Å². The van der Waals surface area contributed by atoms with Crippen LogP contribution in [0.15, 0.2) is 109 Å². The number of aliphatic hydroxyl groups excluding tert-OH is 1. The van der Waals surface area contributed by atoms with Crippen molar-refractivity contribution in [2.24, 2.45) is 0 Å². The second-order valence-corrected chi connectivity index (χ2v) is 21.8. The standard InChI is InChI=1S/C50H68N2O5Si/c1-10-33-50(11-2,12-3)52(34-36-53)47(56)45-30-22-20-24-40(45)38-41(54)32-31-39-23-19-21-29-44(39)46(55)51(48(4,5)6)35-37-57-58(49(7,8)9,42-25-15-13-16-26-42)43-27-17-14-18-28-43/h13-30,53H,10-12,31-38H2,1-9H3. The number of carbonyl (C=O) groups excluding carboxylic acids is 3. The molecule has 0 aliphatic carbocycles. The maximum absolute atomic E-state index is 14.6. The summed E-state index contributed by atoms with van der Waals surface area (Å²) in [5.74, 6) is -0.246. The van der Waals surface area contributed by atoms with Crippen LogP contribution in [0.2, 0.25) is 5.04 Å². The molecule has 8 heteroatoms. The molecule has 7 nitrogen and oxygen atoms in total. The summed E-state index contributed by atoms with van der Waals surface area (Å²) in [6.07, 6.45) is 4.05. The molecule has 0 aliphatic heterocycles. The van der Waals surface area contributed by atoms with Crippen molar-refractivity contribution in [1.82, 2.24) is 9.80 Å². The van der Waals surface area contributed by atoms with Crippen molar-refractivity contribution in [1.29, 1.82) is 0 Å². The van der Waals surface area contributed by atoms with Crippen LogP contribution < -0.4 is 10.4 Å². The van der Waals surface area contributed by atoms with Crippen LogP contribution >= 0.6 is 0 Å². The highest BCUT2D eigenvalue weighted by Crippen LogP contribution is 2.37. The van der Waals surface area contributed by atoms with Crippen molar-refractivity contribution in [3.63, 3.8) is 0 Å². The van der Waals surface area contributed by atoms with Gasteiger partial charge in [0.25, 0.3) is 20.1 Å². The molecule has 4 rings (SSSR count). The predicted octanol–water partition coefficient (Wildman–Crippen LogP) is 9.04. The fourth-order valence-electron chi connectivity index (χ4n) is 8.73. The number of aliphatic hydroxyl groups is 1. The van der Waals surface area contributed by atoms with E-state index >= 15 is 0 Å². The van der Waals surface area contributed by atoms with Gasteiger partial charge in [0, 0.05) is 48.1 Å². The second kappa shape index (κ2) is 20.5. The Bertz CT molecular complexity index is 1890. The van der Waals surface area contributed by atoms with E-state index in [0.717, 1.165) is 31.2 Å². The molecule has 4 aromatic rings. The van der Waals surface area contributed by atoms with Crippen LogP contribution in [0.1, 0.15) is 126 Å². The third-order valence-corrected chi connectivity index (χ3v) is 16.9. The zero-order valence-electron chi connectivity index (χ0n) is 36.6. The molecule has 0 bridgehead atoms. The third kappa shape index (κ3) is 10.6. The highest BCUT2D eigenvalue weighted by atomic mass is 28.4. The molecule has 0 heterocycles. The van der Waals surface area contributed by atoms with Crippen LogP contribution in [0.25, 0.3) is 0 Å². The number of amides is 2. The van der Waals surface area contributed by atoms with E-state index in [1.807, 2.05) is 85.2 Å². The SMILES string of the molecule is CCCC(CC)(CC)N(CCO)C(=O)c1ccccc1CC(=O)CCc1ccccc1C(=O)N(CCO[Si](c1ccccc1)(c1ccccc1)C(C)(C)C)C(C)(C)C. The summed E-state index contributed by atoms with van der Waals surface area (Å²) in [7, 11) is -2.81. The van der Waals surface area contributed by atoms with Gasteiger partial charge in [-0.3, -0.25) is 14.4 Å². The largest absolute Gasteiger partial charge is 0.406 e. The Labute approximate surface area is 350 Å². The number of ketones is 1. The quantitative estimate of drug-likeness (QED) is 0.0902. The van der Waals surface area contributed by atoms with Crippen molar-refractivity contribution < 1.29 is 23.9 Å². The van der Waals surface area contributed by atoms with Gasteiger partial charge < -0.3 is 19.3 Å². The molecular weight excluding hydrogens is 737 g/mol. The zero-order valence-corrected chi connectivity index (χ0v) is 37.6. The normalized spacial score (nSPS) is 12.3. The number of hydrogen-bond donors (Lipinski definition) is 1. The number of benzene rings is 4. The predicted molar refractivity (Wildman–Crippen MR) is 241 cm³/mol. The summed E-state index contributed by atoms with van der Waals surface area (Å²) in [5, 5.41) is 12.2. The third-order valence-electron chi connectivity index (χ3n) is 11.8. The highest BCUT2D eigenvalue weighted by molar-refractivity contribution is 6.99. The summed E-state index contributed by atoms with van der Waals surface area (Å²) in [4.78, 5) is 46.2. The number of rotatable bonds is 20. The molecule has 1 N–H and O–H groups in total. The minimum Gasteiger partial charge on any atom is -0.406 e. The fourth-order valence-corrected chi connectivity index (χ4v) is 13.3. The highest BCUT2D eigenvalue weighted by Gasteiger charge is 2.50. The van der Waals surface area contributed by atoms with Crippen molar-refractivity contribution >= 4 is 36.3 Å². The molecular formula is C50H68N2O5Si. The summed E-state index contributed by atoms with van der Waals surface area (Å²) >= 11 is 0. The van der Waals surface area contributed by atoms with Crippen LogP contribution in [0.5, 0.6) is 0 Å². The first-order chi connectivity index (χ1) is 27.6. The lowest BCUT2D eigenvalue weighted by molar-refractivity contribution is -0.118. The molecule has 0 spiro atoms. The Morgan fingerprint density at radius 3 is 1.60 bits per heavy atom. The van der Waals surface area contributed by atoms with Crippen molar-refractivity contribution in [3.8, 4) is 0 Å². The molecule has 2 amide bonds. The number of nitrogens with zero attached hydrogens (tertiary/aromatic N) is 2. The molecule has 0 aliphatic rings. The minimum atomic E-state index is -2.81. The Morgan fingerprint density at radius 1 is 0.638 bits per heavy atom. The number of hydrogen-bond acceptors (Lipinski definition) is 5. The Balaban J connectivity index is 1.55. The van der Waals surface area contributed by atoms with Crippen LogP contribution in [0.3, 0.4) is 0 Å². The smallest absolute Gasteiger partial charge is 0.261 e. The van der Waals surface area contributed by atoms with Crippen molar-refractivity contribution in [2.75, 3.05) is 26.3 Å². The van der Waals surface area contributed by atoms with Crippen LogP contribution in [-0.2, 0) is 22.1 Å². The molecule has 0 unspecified atom stereocenters. The zero-order chi connectivity index (χ0) is 42.6. The van der Waals surface area contributed by atoms with Crippen LogP contribution in [-0.4, -0.2) is 78.2 Å². The van der Waals surface area contributed by atoms with E-state index < -0.39 is 13.9 Å². The molecule has 0 fully saturated rings. The van der Waals surface area contributed by atoms with E-state index in [4.69, 9.17) is 4.43 Å². The maximum Gasteiger partial charge on any atom is 0.261 e.